The SMILES string of the molecule is CCCC1(C)CCCN(C(=O)C2CC2C(=O)O)C1. The minimum atomic E-state index is -0.818. The molecule has 1 N–H and O–H groups in total. The minimum Gasteiger partial charge on any atom is -0.481 e. The molecule has 102 valence electrons. The van der Waals surface area contributed by atoms with E-state index in [9.17, 15) is 9.59 Å². The zero-order chi connectivity index (χ0) is 13.3. The number of carbonyl (C=O) groups excluding carboxylic acids is 1. The van der Waals surface area contributed by atoms with Gasteiger partial charge < -0.3 is 10.0 Å². The minimum absolute atomic E-state index is 0.0735. The molecule has 2 rings (SSSR count). The summed E-state index contributed by atoms with van der Waals surface area (Å²) < 4.78 is 0. The summed E-state index contributed by atoms with van der Waals surface area (Å²) >= 11 is 0. The van der Waals surface area contributed by atoms with Gasteiger partial charge in [-0.3, -0.25) is 9.59 Å². The number of hydrogen-bond donors (Lipinski definition) is 1. The predicted molar refractivity (Wildman–Crippen MR) is 68.1 cm³/mol. The monoisotopic (exact) mass is 253 g/mol. The number of carbonyl (C=O) groups is 2. The fourth-order valence-corrected chi connectivity index (χ4v) is 3.29. The molecule has 4 heteroatoms. The Bertz CT molecular complexity index is 351. The van der Waals surface area contributed by atoms with Crippen molar-refractivity contribution in [2.75, 3.05) is 13.1 Å². The number of amides is 1. The highest BCUT2D eigenvalue weighted by Crippen LogP contribution is 2.42. The van der Waals surface area contributed by atoms with E-state index < -0.39 is 11.9 Å². The normalized spacial score (nSPS) is 35.3. The molecule has 1 amide bonds. The molecule has 0 bridgehead atoms. The second kappa shape index (κ2) is 4.90. The van der Waals surface area contributed by atoms with Crippen molar-refractivity contribution in [3.05, 3.63) is 0 Å². The van der Waals surface area contributed by atoms with Crippen LogP contribution in [0.1, 0.15) is 46.0 Å². The van der Waals surface area contributed by atoms with E-state index >= 15 is 0 Å². The highest BCUT2D eigenvalue weighted by atomic mass is 16.4. The van der Waals surface area contributed by atoms with Crippen LogP contribution in [-0.4, -0.2) is 35.0 Å². The van der Waals surface area contributed by atoms with E-state index in [2.05, 4.69) is 13.8 Å². The highest BCUT2D eigenvalue weighted by molar-refractivity contribution is 5.89. The first-order valence-electron chi connectivity index (χ1n) is 6.98. The van der Waals surface area contributed by atoms with Gasteiger partial charge >= 0.3 is 5.97 Å². The Hall–Kier alpha value is -1.06. The number of carboxylic acids is 1. The molecule has 0 spiro atoms. The highest BCUT2D eigenvalue weighted by Gasteiger charge is 2.50. The van der Waals surface area contributed by atoms with E-state index in [1.807, 2.05) is 4.90 Å². The quantitative estimate of drug-likeness (QED) is 0.835. The second-order valence-electron chi connectivity index (χ2n) is 6.21. The van der Waals surface area contributed by atoms with Crippen LogP contribution in [0.15, 0.2) is 0 Å². The van der Waals surface area contributed by atoms with E-state index in [-0.39, 0.29) is 17.2 Å². The Balaban J connectivity index is 1.93. The molecule has 1 aliphatic heterocycles. The standard InChI is InChI=1S/C14H23NO3/c1-3-5-14(2)6-4-7-15(9-14)12(16)10-8-11(10)13(17)18/h10-11H,3-9H2,1-2H3,(H,17,18). The molecular weight excluding hydrogens is 230 g/mol. The van der Waals surface area contributed by atoms with Crippen LogP contribution in [0.25, 0.3) is 0 Å². The van der Waals surface area contributed by atoms with Gasteiger partial charge in [-0.15, -0.1) is 0 Å². The Labute approximate surface area is 108 Å². The van der Waals surface area contributed by atoms with Crippen molar-refractivity contribution in [3.63, 3.8) is 0 Å². The lowest BCUT2D eigenvalue weighted by atomic mass is 9.78. The number of likely N-dealkylation sites (tertiary alicyclic amines) is 1. The number of hydrogen-bond acceptors (Lipinski definition) is 2. The largest absolute Gasteiger partial charge is 0.481 e. The molecule has 1 saturated carbocycles. The summed E-state index contributed by atoms with van der Waals surface area (Å²) in [7, 11) is 0. The Morgan fingerprint density at radius 3 is 2.67 bits per heavy atom. The molecule has 3 unspecified atom stereocenters. The van der Waals surface area contributed by atoms with Crippen LogP contribution in [-0.2, 0) is 9.59 Å². The lowest BCUT2D eigenvalue weighted by molar-refractivity contribution is -0.143. The number of nitrogens with zero attached hydrogens (tertiary/aromatic N) is 1. The maximum Gasteiger partial charge on any atom is 0.307 e. The molecule has 0 radical (unpaired) electrons. The van der Waals surface area contributed by atoms with Crippen molar-refractivity contribution in [3.8, 4) is 0 Å². The number of carboxylic acid groups (broad SMARTS) is 1. The zero-order valence-electron chi connectivity index (χ0n) is 11.3. The molecule has 0 aromatic heterocycles. The Morgan fingerprint density at radius 1 is 1.39 bits per heavy atom. The van der Waals surface area contributed by atoms with Gasteiger partial charge in [0, 0.05) is 13.1 Å². The number of rotatable bonds is 4. The smallest absolute Gasteiger partial charge is 0.307 e. The summed E-state index contributed by atoms with van der Waals surface area (Å²) in [4.78, 5) is 25.0. The van der Waals surface area contributed by atoms with E-state index in [0.717, 1.165) is 32.4 Å². The predicted octanol–water partition coefficient (Wildman–Crippen LogP) is 2.14. The number of piperidine rings is 1. The van der Waals surface area contributed by atoms with Crippen molar-refractivity contribution in [1.82, 2.24) is 4.90 Å². The first-order valence-corrected chi connectivity index (χ1v) is 6.98. The van der Waals surface area contributed by atoms with Gasteiger partial charge in [0.05, 0.1) is 11.8 Å². The van der Waals surface area contributed by atoms with E-state index in [4.69, 9.17) is 5.11 Å². The van der Waals surface area contributed by atoms with Gasteiger partial charge in [0.25, 0.3) is 0 Å². The van der Waals surface area contributed by atoms with Crippen LogP contribution < -0.4 is 0 Å². The molecule has 1 saturated heterocycles. The van der Waals surface area contributed by atoms with E-state index in [0.29, 0.717) is 6.42 Å². The molecule has 0 aromatic carbocycles. The van der Waals surface area contributed by atoms with Gasteiger partial charge in [-0.2, -0.15) is 0 Å². The molecule has 1 heterocycles. The third-order valence-corrected chi connectivity index (χ3v) is 4.37. The van der Waals surface area contributed by atoms with Crippen LogP contribution in [0.5, 0.6) is 0 Å². The Morgan fingerprint density at radius 2 is 2.11 bits per heavy atom. The summed E-state index contributed by atoms with van der Waals surface area (Å²) in [5.74, 6) is -1.41. The molecule has 18 heavy (non-hydrogen) atoms. The van der Waals surface area contributed by atoms with Crippen molar-refractivity contribution >= 4 is 11.9 Å². The molecule has 1 aliphatic carbocycles. The van der Waals surface area contributed by atoms with Crippen molar-refractivity contribution < 1.29 is 14.7 Å². The maximum atomic E-state index is 12.2. The molecular formula is C14H23NO3. The third kappa shape index (κ3) is 2.68. The van der Waals surface area contributed by atoms with Crippen molar-refractivity contribution in [2.24, 2.45) is 17.3 Å². The van der Waals surface area contributed by atoms with Crippen LogP contribution >= 0.6 is 0 Å². The van der Waals surface area contributed by atoms with Gasteiger partial charge in [0.2, 0.25) is 5.91 Å². The van der Waals surface area contributed by atoms with Crippen molar-refractivity contribution in [2.45, 2.75) is 46.0 Å². The second-order valence-corrected chi connectivity index (χ2v) is 6.21. The molecule has 3 atom stereocenters. The average molecular weight is 253 g/mol. The van der Waals surface area contributed by atoms with Crippen LogP contribution in [0.2, 0.25) is 0 Å². The summed E-state index contributed by atoms with van der Waals surface area (Å²) in [5, 5.41) is 8.89. The summed E-state index contributed by atoms with van der Waals surface area (Å²) in [6, 6.07) is 0. The van der Waals surface area contributed by atoms with Crippen LogP contribution in [0.4, 0.5) is 0 Å². The van der Waals surface area contributed by atoms with Crippen molar-refractivity contribution in [1.29, 1.82) is 0 Å². The zero-order valence-corrected chi connectivity index (χ0v) is 11.3. The average Bonchev–Trinajstić information content (AvgIpc) is 3.08. The summed E-state index contributed by atoms with van der Waals surface area (Å²) in [5.41, 5.74) is 0.232. The maximum absolute atomic E-state index is 12.2. The molecule has 4 nitrogen and oxygen atoms in total. The lowest BCUT2D eigenvalue weighted by Crippen LogP contribution is -2.45. The van der Waals surface area contributed by atoms with Crippen LogP contribution in [0, 0.1) is 17.3 Å². The summed E-state index contributed by atoms with van der Waals surface area (Å²) in [6.45, 7) is 6.04. The molecule has 2 fully saturated rings. The molecule has 0 aromatic rings. The lowest BCUT2D eigenvalue weighted by Gasteiger charge is -2.40. The Kier molecular flexibility index (Phi) is 3.64. The first-order chi connectivity index (χ1) is 8.47. The van der Waals surface area contributed by atoms with Crippen LogP contribution in [0.3, 0.4) is 0 Å². The van der Waals surface area contributed by atoms with Gasteiger partial charge in [0.15, 0.2) is 0 Å². The third-order valence-electron chi connectivity index (χ3n) is 4.37. The fourth-order valence-electron chi connectivity index (χ4n) is 3.29. The van der Waals surface area contributed by atoms with Gasteiger partial charge in [-0.05, 0) is 31.1 Å². The summed E-state index contributed by atoms with van der Waals surface area (Å²) in [6.07, 6.45) is 5.04. The fraction of sp³-hybridized carbons (Fsp3) is 0.857. The van der Waals surface area contributed by atoms with E-state index in [1.54, 1.807) is 0 Å². The van der Waals surface area contributed by atoms with Gasteiger partial charge in [0.1, 0.15) is 0 Å². The molecule has 2 aliphatic rings. The van der Waals surface area contributed by atoms with Gasteiger partial charge in [-0.25, -0.2) is 0 Å². The van der Waals surface area contributed by atoms with Gasteiger partial charge in [-0.1, -0.05) is 20.3 Å². The topological polar surface area (TPSA) is 57.6 Å². The van der Waals surface area contributed by atoms with E-state index in [1.165, 1.54) is 6.42 Å². The number of aliphatic carboxylic acids is 1. The first kappa shape index (κ1) is 13.4.